The Morgan fingerprint density at radius 1 is 1.29 bits per heavy atom. The average Bonchev–Trinajstić information content (AvgIpc) is 2.24. The smallest absolute Gasteiger partial charge is 0.134 e. The van der Waals surface area contributed by atoms with Crippen molar-refractivity contribution in [3.63, 3.8) is 0 Å². The van der Waals surface area contributed by atoms with Crippen LogP contribution >= 0.6 is 15.9 Å². The lowest BCUT2D eigenvalue weighted by atomic mass is 10.1. The standard InChI is InChI=1S/C12H20BrN3O/c1-7(2)9(17)6-14-11-5-10(13)15-12(16-11)8(3)4/h5,7-9,17H,6H2,1-4H3,(H,14,15,16). The molecule has 0 aliphatic rings. The zero-order valence-electron chi connectivity index (χ0n) is 10.7. The fourth-order valence-corrected chi connectivity index (χ4v) is 1.63. The zero-order valence-corrected chi connectivity index (χ0v) is 12.3. The van der Waals surface area contributed by atoms with Gasteiger partial charge in [0.1, 0.15) is 16.2 Å². The molecule has 0 aromatic carbocycles. The Morgan fingerprint density at radius 2 is 1.94 bits per heavy atom. The molecule has 5 heteroatoms. The third-order valence-corrected chi connectivity index (χ3v) is 2.90. The van der Waals surface area contributed by atoms with Gasteiger partial charge in [-0.3, -0.25) is 0 Å². The van der Waals surface area contributed by atoms with Crippen LogP contribution in [0.2, 0.25) is 0 Å². The lowest BCUT2D eigenvalue weighted by Gasteiger charge is -2.16. The molecule has 1 unspecified atom stereocenters. The van der Waals surface area contributed by atoms with Crippen LogP contribution in [0.15, 0.2) is 10.7 Å². The van der Waals surface area contributed by atoms with Crippen LogP contribution in [-0.2, 0) is 0 Å². The molecule has 0 amide bonds. The van der Waals surface area contributed by atoms with Crippen LogP contribution in [-0.4, -0.2) is 27.7 Å². The number of aromatic nitrogens is 2. The molecule has 1 heterocycles. The molecule has 1 aromatic heterocycles. The van der Waals surface area contributed by atoms with E-state index < -0.39 is 0 Å². The second-order valence-corrected chi connectivity index (χ2v) is 5.59. The summed E-state index contributed by atoms with van der Waals surface area (Å²) in [6.07, 6.45) is -0.369. The first-order valence-corrected chi connectivity index (χ1v) is 6.66. The van der Waals surface area contributed by atoms with Crippen LogP contribution in [0.4, 0.5) is 5.82 Å². The monoisotopic (exact) mass is 301 g/mol. The van der Waals surface area contributed by atoms with Crippen molar-refractivity contribution in [2.45, 2.75) is 39.7 Å². The molecule has 0 fully saturated rings. The van der Waals surface area contributed by atoms with Crippen molar-refractivity contribution in [3.05, 3.63) is 16.5 Å². The first-order chi connectivity index (χ1) is 7.90. The van der Waals surface area contributed by atoms with Crippen LogP contribution in [0.3, 0.4) is 0 Å². The Bertz CT molecular complexity index is 369. The summed E-state index contributed by atoms with van der Waals surface area (Å²) >= 11 is 3.36. The lowest BCUT2D eigenvalue weighted by molar-refractivity contribution is 0.138. The van der Waals surface area contributed by atoms with Gasteiger partial charge in [-0.2, -0.15) is 0 Å². The Balaban J connectivity index is 2.71. The molecule has 1 rings (SSSR count). The van der Waals surface area contributed by atoms with E-state index in [9.17, 15) is 5.11 Å². The first-order valence-electron chi connectivity index (χ1n) is 5.86. The van der Waals surface area contributed by atoms with Gasteiger partial charge in [-0.25, -0.2) is 9.97 Å². The fraction of sp³-hybridized carbons (Fsp3) is 0.667. The van der Waals surface area contributed by atoms with Crippen LogP contribution < -0.4 is 5.32 Å². The van der Waals surface area contributed by atoms with E-state index in [1.807, 2.05) is 19.9 Å². The largest absolute Gasteiger partial charge is 0.391 e. The zero-order chi connectivity index (χ0) is 13.0. The molecule has 4 nitrogen and oxygen atoms in total. The number of anilines is 1. The lowest BCUT2D eigenvalue weighted by Crippen LogP contribution is -2.25. The summed E-state index contributed by atoms with van der Waals surface area (Å²) in [5.74, 6) is 2.05. The molecule has 1 atom stereocenters. The Morgan fingerprint density at radius 3 is 2.47 bits per heavy atom. The molecular formula is C12H20BrN3O. The molecule has 0 aliphatic heterocycles. The van der Waals surface area contributed by atoms with Crippen molar-refractivity contribution in [2.75, 3.05) is 11.9 Å². The second-order valence-electron chi connectivity index (χ2n) is 4.78. The van der Waals surface area contributed by atoms with Gasteiger partial charge >= 0.3 is 0 Å². The highest BCUT2D eigenvalue weighted by Crippen LogP contribution is 2.17. The number of hydrogen-bond donors (Lipinski definition) is 2. The molecule has 1 aromatic rings. The molecule has 17 heavy (non-hydrogen) atoms. The SMILES string of the molecule is CC(C)c1nc(Br)cc(NCC(O)C(C)C)n1. The third kappa shape index (κ3) is 4.60. The van der Waals surface area contributed by atoms with Gasteiger partial charge < -0.3 is 10.4 Å². The third-order valence-electron chi connectivity index (χ3n) is 2.49. The molecule has 0 saturated heterocycles. The van der Waals surface area contributed by atoms with Gasteiger partial charge in [0.25, 0.3) is 0 Å². The molecular weight excluding hydrogens is 282 g/mol. The van der Waals surface area contributed by atoms with E-state index in [1.165, 1.54) is 0 Å². The fourth-order valence-electron chi connectivity index (χ4n) is 1.23. The average molecular weight is 302 g/mol. The molecule has 0 radical (unpaired) electrons. The van der Waals surface area contributed by atoms with Crippen molar-refractivity contribution in [2.24, 2.45) is 5.92 Å². The van der Waals surface area contributed by atoms with Crippen LogP contribution in [0.25, 0.3) is 0 Å². The maximum Gasteiger partial charge on any atom is 0.134 e. The van der Waals surface area contributed by atoms with E-state index in [4.69, 9.17) is 0 Å². The Hall–Kier alpha value is -0.680. The summed E-state index contributed by atoms with van der Waals surface area (Å²) in [5.41, 5.74) is 0. The van der Waals surface area contributed by atoms with Gasteiger partial charge in [0.05, 0.1) is 6.10 Å². The van der Waals surface area contributed by atoms with Crippen LogP contribution in [0, 0.1) is 5.92 Å². The molecule has 2 N–H and O–H groups in total. The van der Waals surface area contributed by atoms with E-state index >= 15 is 0 Å². The van der Waals surface area contributed by atoms with Gasteiger partial charge in [-0.15, -0.1) is 0 Å². The molecule has 0 aliphatic carbocycles. The van der Waals surface area contributed by atoms with Crippen molar-refractivity contribution < 1.29 is 5.11 Å². The number of nitrogens with zero attached hydrogens (tertiary/aromatic N) is 2. The molecule has 96 valence electrons. The molecule has 0 bridgehead atoms. The van der Waals surface area contributed by atoms with Crippen molar-refractivity contribution >= 4 is 21.7 Å². The maximum absolute atomic E-state index is 9.72. The van der Waals surface area contributed by atoms with Gasteiger partial charge in [-0.05, 0) is 21.8 Å². The number of rotatable bonds is 5. The Labute approximate surface area is 111 Å². The number of aliphatic hydroxyl groups excluding tert-OH is 1. The van der Waals surface area contributed by atoms with E-state index in [-0.39, 0.29) is 17.9 Å². The summed E-state index contributed by atoms with van der Waals surface area (Å²) in [4.78, 5) is 8.70. The maximum atomic E-state index is 9.72. The van der Waals surface area contributed by atoms with Crippen LogP contribution in [0.5, 0.6) is 0 Å². The van der Waals surface area contributed by atoms with Gasteiger partial charge in [0, 0.05) is 18.5 Å². The minimum atomic E-state index is -0.369. The second kappa shape index (κ2) is 6.31. The van der Waals surface area contributed by atoms with Crippen molar-refractivity contribution in [1.82, 2.24) is 9.97 Å². The summed E-state index contributed by atoms with van der Waals surface area (Å²) in [6, 6.07) is 1.82. The topological polar surface area (TPSA) is 58.0 Å². The minimum absolute atomic E-state index is 0.234. The predicted molar refractivity (Wildman–Crippen MR) is 73.2 cm³/mol. The highest BCUT2D eigenvalue weighted by atomic mass is 79.9. The van der Waals surface area contributed by atoms with Crippen LogP contribution in [0.1, 0.15) is 39.4 Å². The normalized spacial score (nSPS) is 13.2. The van der Waals surface area contributed by atoms with E-state index in [1.54, 1.807) is 0 Å². The van der Waals surface area contributed by atoms with Gasteiger partial charge in [0.15, 0.2) is 0 Å². The summed E-state index contributed by atoms with van der Waals surface area (Å²) < 4.78 is 0.762. The first kappa shape index (κ1) is 14.4. The quantitative estimate of drug-likeness (QED) is 0.821. The van der Waals surface area contributed by atoms with E-state index in [0.29, 0.717) is 6.54 Å². The number of aliphatic hydroxyl groups is 1. The highest BCUT2D eigenvalue weighted by Gasteiger charge is 2.10. The summed E-state index contributed by atoms with van der Waals surface area (Å²) in [7, 11) is 0. The van der Waals surface area contributed by atoms with E-state index in [2.05, 4.69) is 45.1 Å². The summed E-state index contributed by atoms with van der Waals surface area (Å²) in [6.45, 7) is 8.57. The summed E-state index contributed by atoms with van der Waals surface area (Å²) in [5, 5.41) is 12.8. The minimum Gasteiger partial charge on any atom is -0.391 e. The van der Waals surface area contributed by atoms with Gasteiger partial charge in [0.2, 0.25) is 0 Å². The Kier molecular flexibility index (Phi) is 5.33. The van der Waals surface area contributed by atoms with E-state index in [0.717, 1.165) is 16.2 Å². The highest BCUT2D eigenvalue weighted by molar-refractivity contribution is 9.10. The molecule has 0 spiro atoms. The number of hydrogen-bond acceptors (Lipinski definition) is 4. The number of halogens is 1. The van der Waals surface area contributed by atoms with Crippen molar-refractivity contribution in [3.8, 4) is 0 Å². The van der Waals surface area contributed by atoms with Gasteiger partial charge in [-0.1, -0.05) is 27.7 Å². The number of nitrogens with one attached hydrogen (secondary N) is 1. The van der Waals surface area contributed by atoms with Crippen molar-refractivity contribution in [1.29, 1.82) is 0 Å². The predicted octanol–water partition coefficient (Wildman–Crippen LogP) is 2.79. The molecule has 0 saturated carbocycles.